The van der Waals surface area contributed by atoms with E-state index in [1.807, 2.05) is 11.8 Å². The molecule has 1 nitrogen and oxygen atoms in total. The SMILES string of the molecule is CCCCSC(C)=NCC. The lowest BCUT2D eigenvalue weighted by atomic mass is 10.4. The van der Waals surface area contributed by atoms with Crippen molar-refractivity contribution in [2.45, 2.75) is 33.6 Å². The first-order chi connectivity index (χ1) is 4.81. The number of rotatable bonds is 4. The third-order valence-electron chi connectivity index (χ3n) is 1.19. The first-order valence-corrected chi connectivity index (χ1v) is 4.93. The Kier molecular flexibility index (Phi) is 7.15. The minimum absolute atomic E-state index is 0.922. The van der Waals surface area contributed by atoms with Gasteiger partial charge in [0.15, 0.2) is 0 Å². The summed E-state index contributed by atoms with van der Waals surface area (Å²) in [5.74, 6) is 1.23. The second-order valence-corrected chi connectivity index (χ2v) is 3.48. The number of nitrogens with zero attached hydrogens (tertiary/aromatic N) is 1. The molecule has 0 amide bonds. The van der Waals surface area contributed by atoms with Gasteiger partial charge >= 0.3 is 0 Å². The summed E-state index contributed by atoms with van der Waals surface area (Å²) < 4.78 is 0. The van der Waals surface area contributed by atoms with Crippen LogP contribution in [0, 0.1) is 0 Å². The highest BCUT2D eigenvalue weighted by Gasteiger charge is 1.89. The zero-order chi connectivity index (χ0) is 7.82. The van der Waals surface area contributed by atoms with Crippen molar-refractivity contribution in [3.63, 3.8) is 0 Å². The molecule has 0 aromatic rings. The molecule has 0 N–H and O–H groups in total. The van der Waals surface area contributed by atoms with Crippen LogP contribution < -0.4 is 0 Å². The topological polar surface area (TPSA) is 12.4 Å². The van der Waals surface area contributed by atoms with Crippen molar-refractivity contribution in [1.29, 1.82) is 0 Å². The number of unbranched alkanes of at least 4 members (excludes halogenated alkanes) is 1. The molecule has 0 atom stereocenters. The van der Waals surface area contributed by atoms with Crippen molar-refractivity contribution in [3.05, 3.63) is 0 Å². The summed E-state index contributed by atoms with van der Waals surface area (Å²) in [6.07, 6.45) is 2.59. The second-order valence-electron chi connectivity index (χ2n) is 2.20. The van der Waals surface area contributed by atoms with Crippen LogP contribution in [0.15, 0.2) is 4.99 Å². The number of hydrogen-bond acceptors (Lipinski definition) is 2. The van der Waals surface area contributed by atoms with Gasteiger partial charge in [-0.1, -0.05) is 13.3 Å². The Bertz CT molecular complexity index is 99.4. The zero-order valence-corrected chi connectivity index (χ0v) is 8.00. The van der Waals surface area contributed by atoms with Gasteiger partial charge in [-0.15, -0.1) is 11.8 Å². The Labute approximate surface area is 68.3 Å². The van der Waals surface area contributed by atoms with E-state index in [1.165, 1.54) is 23.6 Å². The van der Waals surface area contributed by atoms with Gasteiger partial charge in [0.05, 0.1) is 5.04 Å². The van der Waals surface area contributed by atoms with E-state index < -0.39 is 0 Å². The van der Waals surface area contributed by atoms with Crippen LogP contribution in [0.4, 0.5) is 0 Å². The van der Waals surface area contributed by atoms with Gasteiger partial charge in [0, 0.05) is 6.54 Å². The molecular weight excluding hydrogens is 142 g/mol. The van der Waals surface area contributed by atoms with E-state index in [0.717, 1.165) is 6.54 Å². The molecule has 0 unspecified atom stereocenters. The molecule has 0 saturated carbocycles. The molecule has 0 rings (SSSR count). The maximum Gasteiger partial charge on any atom is 0.0644 e. The summed E-state index contributed by atoms with van der Waals surface area (Å²) in [6, 6.07) is 0. The normalized spacial score (nSPS) is 12.1. The van der Waals surface area contributed by atoms with Gasteiger partial charge in [-0.05, 0) is 26.0 Å². The smallest absolute Gasteiger partial charge is 0.0644 e. The van der Waals surface area contributed by atoms with Crippen molar-refractivity contribution < 1.29 is 0 Å². The molecule has 10 heavy (non-hydrogen) atoms. The summed E-state index contributed by atoms with van der Waals surface area (Å²) >= 11 is 1.88. The summed E-state index contributed by atoms with van der Waals surface area (Å²) in [7, 11) is 0. The Morgan fingerprint density at radius 2 is 2.10 bits per heavy atom. The van der Waals surface area contributed by atoms with Gasteiger partial charge in [-0.2, -0.15) is 0 Å². The molecule has 0 spiro atoms. The molecule has 0 bridgehead atoms. The Morgan fingerprint density at radius 1 is 1.40 bits per heavy atom. The molecule has 0 aliphatic carbocycles. The minimum atomic E-state index is 0.922. The highest BCUT2D eigenvalue weighted by atomic mass is 32.2. The van der Waals surface area contributed by atoms with Crippen molar-refractivity contribution in [3.8, 4) is 0 Å². The van der Waals surface area contributed by atoms with Crippen molar-refractivity contribution in [2.75, 3.05) is 12.3 Å². The van der Waals surface area contributed by atoms with Gasteiger partial charge in [0.1, 0.15) is 0 Å². The average Bonchev–Trinajstić information content (AvgIpc) is 1.89. The third-order valence-corrected chi connectivity index (χ3v) is 2.23. The maximum atomic E-state index is 4.28. The van der Waals surface area contributed by atoms with Crippen LogP contribution in [0.5, 0.6) is 0 Å². The third kappa shape index (κ3) is 6.14. The molecule has 0 aliphatic heterocycles. The van der Waals surface area contributed by atoms with Crippen LogP contribution in [0.1, 0.15) is 33.6 Å². The van der Waals surface area contributed by atoms with Crippen molar-refractivity contribution in [1.82, 2.24) is 0 Å². The quantitative estimate of drug-likeness (QED) is 0.349. The van der Waals surface area contributed by atoms with Crippen molar-refractivity contribution >= 4 is 16.8 Å². The molecule has 0 saturated heterocycles. The van der Waals surface area contributed by atoms with Crippen LogP contribution in [-0.4, -0.2) is 17.3 Å². The Hall–Kier alpha value is 0.0200. The second kappa shape index (κ2) is 7.13. The summed E-state index contributed by atoms with van der Waals surface area (Å²) in [5, 5.41) is 1.23. The van der Waals surface area contributed by atoms with E-state index in [-0.39, 0.29) is 0 Å². The predicted molar refractivity (Wildman–Crippen MR) is 51.0 cm³/mol. The maximum absolute atomic E-state index is 4.28. The number of hydrogen-bond donors (Lipinski definition) is 0. The standard InChI is InChI=1S/C8H17NS/c1-4-6-7-10-8(3)9-5-2/h4-7H2,1-3H3. The fourth-order valence-corrected chi connectivity index (χ4v) is 1.58. The van der Waals surface area contributed by atoms with Crippen molar-refractivity contribution in [2.24, 2.45) is 4.99 Å². The summed E-state index contributed by atoms with van der Waals surface area (Å²) in [4.78, 5) is 4.28. The van der Waals surface area contributed by atoms with Gasteiger partial charge in [0.2, 0.25) is 0 Å². The average molecular weight is 159 g/mol. The van der Waals surface area contributed by atoms with Crippen LogP contribution in [0.25, 0.3) is 0 Å². The highest BCUT2D eigenvalue weighted by Crippen LogP contribution is 2.06. The predicted octanol–water partition coefficient (Wildman–Crippen LogP) is 2.96. The summed E-state index contributed by atoms with van der Waals surface area (Å²) in [5.41, 5.74) is 0. The van der Waals surface area contributed by atoms with Crippen LogP contribution in [0.3, 0.4) is 0 Å². The molecule has 0 aromatic heterocycles. The van der Waals surface area contributed by atoms with E-state index in [9.17, 15) is 0 Å². The Balaban J connectivity index is 3.21. The highest BCUT2D eigenvalue weighted by molar-refractivity contribution is 8.13. The lowest BCUT2D eigenvalue weighted by Gasteiger charge is -1.97. The van der Waals surface area contributed by atoms with Gasteiger partial charge in [-0.25, -0.2) is 0 Å². The molecule has 0 aliphatic rings. The van der Waals surface area contributed by atoms with E-state index in [4.69, 9.17) is 0 Å². The fraction of sp³-hybridized carbons (Fsp3) is 0.875. The van der Waals surface area contributed by atoms with Crippen LogP contribution in [-0.2, 0) is 0 Å². The number of aliphatic imine (C=N–C) groups is 1. The van der Waals surface area contributed by atoms with Gasteiger partial charge in [0.25, 0.3) is 0 Å². The monoisotopic (exact) mass is 159 g/mol. The molecule has 0 radical (unpaired) electrons. The molecule has 2 heteroatoms. The zero-order valence-electron chi connectivity index (χ0n) is 7.18. The largest absolute Gasteiger partial charge is 0.284 e. The minimum Gasteiger partial charge on any atom is -0.284 e. The molecule has 0 aromatic carbocycles. The van der Waals surface area contributed by atoms with Gasteiger partial charge in [-0.3, -0.25) is 4.99 Å². The Morgan fingerprint density at radius 3 is 2.60 bits per heavy atom. The lowest BCUT2D eigenvalue weighted by Crippen LogP contribution is -1.87. The van der Waals surface area contributed by atoms with E-state index in [0.29, 0.717) is 0 Å². The molecular formula is C8H17NS. The van der Waals surface area contributed by atoms with E-state index in [2.05, 4.69) is 25.8 Å². The molecule has 0 fully saturated rings. The van der Waals surface area contributed by atoms with Gasteiger partial charge < -0.3 is 0 Å². The molecule has 60 valence electrons. The number of thioether (sulfide) groups is 1. The first kappa shape index (κ1) is 10.0. The van der Waals surface area contributed by atoms with Crippen LogP contribution in [0.2, 0.25) is 0 Å². The summed E-state index contributed by atoms with van der Waals surface area (Å²) in [6.45, 7) is 7.30. The van der Waals surface area contributed by atoms with E-state index in [1.54, 1.807) is 0 Å². The first-order valence-electron chi connectivity index (χ1n) is 3.95. The fourth-order valence-electron chi connectivity index (χ4n) is 0.633. The van der Waals surface area contributed by atoms with Crippen LogP contribution >= 0.6 is 11.8 Å². The lowest BCUT2D eigenvalue weighted by molar-refractivity contribution is 0.898. The van der Waals surface area contributed by atoms with E-state index >= 15 is 0 Å². The molecule has 0 heterocycles.